The highest BCUT2D eigenvalue weighted by Gasteiger charge is 2.24. The van der Waals surface area contributed by atoms with Crippen LogP contribution in [0.2, 0.25) is 0 Å². The molecule has 2 heterocycles. The molecule has 0 aliphatic heterocycles. The van der Waals surface area contributed by atoms with E-state index in [9.17, 15) is 4.79 Å². The highest BCUT2D eigenvalue weighted by atomic mass is 32.1. The Morgan fingerprint density at radius 2 is 1.94 bits per heavy atom. The molecular weight excluding hydrogens is 406 g/mol. The fourth-order valence-corrected chi connectivity index (χ4v) is 4.19. The van der Waals surface area contributed by atoms with E-state index in [0.29, 0.717) is 17.8 Å². The number of rotatable bonds is 6. The van der Waals surface area contributed by atoms with Gasteiger partial charge in [0.1, 0.15) is 10.7 Å². The van der Waals surface area contributed by atoms with Crippen LogP contribution in [0.15, 0.2) is 72.4 Å². The Morgan fingerprint density at radius 3 is 2.61 bits per heavy atom. The molecule has 0 fully saturated rings. The summed E-state index contributed by atoms with van der Waals surface area (Å²) in [5.74, 6) is -0.114. The smallest absolute Gasteiger partial charge is 0.273 e. The van der Waals surface area contributed by atoms with Crippen molar-refractivity contribution in [2.45, 2.75) is 19.9 Å². The molecule has 0 aliphatic rings. The minimum atomic E-state index is -0.128. The SMILES string of the molecule is CCN(C(=O)c1csc(-c2cnn(-c3ccccc3)c2)n1)C(C)c1ccc(C#N)cc1. The Balaban J connectivity index is 1.54. The fourth-order valence-electron chi connectivity index (χ4n) is 3.42. The number of nitrogens with zero attached hydrogens (tertiary/aromatic N) is 5. The number of thiazole rings is 1. The van der Waals surface area contributed by atoms with Gasteiger partial charge < -0.3 is 4.90 Å². The number of nitriles is 1. The quantitative estimate of drug-likeness (QED) is 0.429. The van der Waals surface area contributed by atoms with Crippen LogP contribution in [0.1, 0.15) is 41.5 Å². The Hall–Kier alpha value is -3.76. The molecule has 0 N–H and O–H groups in total. The van der Waals surface area contributed by atoms with E-state index < -0.39 is 0 Å². The van der Waals surface area contributed by atoms with Gasteiger partial charge in [0, 0.05) is 23.7 Å². The average Bonchev–Trinajstić information content (AvgIpc) is 3.50. The van der Waals surface area contributed by atoms with Crippen LogP contribution in [-0.2, 0) is 0 Å². The van der Waals surface area contributed by atoms with E-state index >= 15 is 0 Å². The number of aromatic nitrogens is 3. The Labute approximate surface area is 185 Å². The predicted molar refractivity (Wildman–Crippen MR) is 121 cm³/mol. The maximum Gasteiger partial charge on any atom is 0.273 e. The summed E-state index contributed by atoms with van der Waals surface area (Å²) in [6.07, 6.45) is 3.68. The van der Waals surface area contributed by atoms with Crippen molar-refractivity contribution in [3.05, 3.63) is 89.2 Å². The Bertz CT molecular complexity index is 1220. The van der Waals surface area contributed by atoms with Gasteiger partial charge >= 0.3 is 0 Å². The second-order valence-corrected chi connectivity index (χ2v) is 7.91. The summed E-state index contributed by atoms with van der Waals surface area (Å²) in [6, 6.07) is 19.2. The molecule has 1 unspecified atom stereocenters. The standard InChI is InChI=1S/C24H21N5OS/c1-3-28(17(2)19-11-9-18(13-25)10-12-19)24(30)22-16-31-23(27-22)20-14-26-29(15-20)21-7-5-4-6-8-21/h4-12,14-17H,3H2,1-2H3. The van der Waals surface area contributed by atoms with Crippen LogP contribution in [0.4, 0.5) is 0 Å². The van der Waals surface area contributed by atoms with Gasteiger partial charge in [0.25, 0.3) is 5.91 Å². The number of hydrogen-bond acceptors (Lipinski definition) is 5. The number of para-hydroxylation sites is 1. The van der Waals surface area contributed by atoms with E-state index in [0.717, 1.165) is 21.8 Å². The van der Waals surface area contributed by atoms with Crippen LogP contribution in [0.5, 0.6) is 0 Å². The van der Waals surface area contributed by atoms with Crippen LogP contribution >= 0.6 is 11.3 Å². The van der Waals surface area contributed by atoms with E-state index in [2.05, 4.69) is 16.2 Å². The molecule has 7 heteroatoms. The van der Waals surface area contributed by atoms with Gasteiger partial charge in [-0.05, 0) is 43.7 Å². The lowest BCUT2D eigenvalue weighted by atomic mass is 10.0. The molecule has 154 valence electrons. The minimum Gasteiger partial charge on any atom is -0.331 e. The zero-order valence-electron chi connectivity index (χ0n) is 17.3. The van der Waals surface area contributed by atoms with Crippen molar-refractivity contribution < 1.29 is 4.79 Å². The van der Waals surface area contributed by atoms with Gasteiger partial charge in [0.05, 0.1) is 29.6 Å². The van der Waals surface area contributed by atoms with Gasteiger partial charge in [-0.3, -0.25) is 4.79 Å². The second-order valence-electron chi connectivity index (χ2n) is 7.05. The monoisotopic (exact) mass is 427 g/mol. The van der Waals surface area contributed by atoms with E-state index in [1.165, 1.54) is 11.3 Å². The lowest BCUT2D eigenvalue weighted by Crippen LogP contribution is -2.33. The molecule has 1 atom stereocenters. The van der Waals surface area contributed by atoms with Gasteiger partial charge in [0.2, 0.25) is 0 Å². The third kappa shape index (κ3) is 4.25. The summed E-state index contributed by atoms with van der Waals surface area (Å²) >= 11 is 1.43. The fraction of sp³-hybridized carbons (Fsp3) is 0.167. The van der Waals surface area contributed by atoms with Crippen LogP contribution in [0, 0.1) is 11.3 Å². The van der Waals surface area contributed by atoms with Gasteiger partial charge in [-0.25, -0.2) is 9.67 Å². The van der Waals surface area contributed by atoms with E-state index in [1.807, 2.05) is 62.5 Å². The maximum atomic E-state index is 13.2. The summed E-state index contributed by atoms with van der Waals surface area (Å²) in [7, 11) is 0. The number of carbonyl (C=O) groups is 1. The normalized spacial score (nSPS) is 11.6. The molecule has 2 aromatic heterocycles. The van der Waals surface area contributed by atoms with Gasteiger partial charge in [-0.15, -0.1) is 11.3 Å². The van der Waals surface area contributed by atoms with Crippen LogP contribution < -0.4 is 0 Å². The topological polar surface area (TPSA) is 74.8 Å². The van der Waals surface area contributed by atoms with Crippen LogP contribution in [-0.4, -0.2) is 32.1 Å². The van der Waals surface area contributed by atoms with E-state index in [1.54, 1.807) is 33.3 Å². The maximum absolute atomic E-state index is 13.2. The number of benzene rings is 2. The molecular formula is C24H21N5OS. The van der Waals surface area contributed by atoms with Gasteiger partial charge in [0.15, 0.2) is 0 Å². The van der Waals surface area contributed by atoms with E-state index in [4.69, 9.17) is 5.26 Å². The summed E-state index contributed by atoms with van der Waals surface area (Å²) in [4.78, 5) is 19.6. The first-order valence-electron chi connectivity index (χ1n) is 9.97. The highest BCUT2D eigenvalue weighted by Crippen LogP contribution is 2.27. The molecule has 6 nitrogen and oxygen atoms in total. The summed E-state index contributed by atoms with van der Waals surface area (Å²) in [5.41, 5.74) is 3.85. The van der Waals surface area contributed by atoms with Gasteiger partial charge in [-0.1, -0.05) is 30.3 Å². The first-order valence-corrected chi connectivity index (χ1v) is 10.9. The average molecular weight is 428 g/mol. The number of carbonyl (C=O) groups excluding carboxylic acids is 1. The second kappa shape index (κ2) is 8.94. The van der Waals surface area contributed by atoms with Crippen LogP contribution in [0.3, 0.4) is 0 Å². The molecule has 0 radical (unpaired) electrons. The lowest BCUT2D eigenvalue weighted by molar-refractivity contribution is 0.0697. The van der Waals surface area contributed by atoms with Crippen molar-refractivity contribution in [2.75, 3.05) is 6.54 Å². The summed E-state index contributed by atoms with van der Waals surface area (Å²) in [6.45, 7) is 4.49. The lowest BCUT2D eigenvalue weighted by Gasteiger charge is -2.27. The van der Waals surface area contributed by atoms with Crippen molar-refractivity contribution in [3.63, 3.8) is 0 Å². The largest absolute Gasteiger partial charge is 0.331 e. The predicted octanol–water partition coefficient (Wildman–Crippen LogP) is 5.09. The first-order chi connectivity index (χ1) is 15.1. The molecule has 31 heavy (non-hydrogen) atoms. The van der Waals surface area contributed by atoms with Crippen molar-refractivity contribution in [1.82, 2.24) is 19.7 Å². The van der Waals surface area contributed by atoms with Crippen molar-refractivity contribution in [1.29, 1.82) is 5.26 Å². The van der Waals surface area contributed by atoms with Crippen molar-refractivity contribution in [3.8, 4) is 22.3 Å². The first kappa shape index (κ1) is 20.5. The Morgan fingerprint density at radius 1 is 1.19 bits per heavy atom. The highest BCUT2D eigenvalue weighted by molar-refractivity contribution is 7.13. The van der Waals surface area contributed by atoms with Gasteiger partial charge in [-0.2, -0.15) is 10.4 Å². The molecule has 4 rings (SSSR count). The summed E-state index contributed by atoms with van der Waals surface area (Å²) < 4.78 is 1.80. The molecule has 0 saturated heterocycles. The van der Waals surface area contributed by atoms with Crippen LogP contribution in [0.25, 0.3) is 16.3 Å². The van der Waals surface area contributed by atoms with Crippen molar-refractivity contribution >= 4 is 17.2 Å². The molecule has 4 aromatic rings. The zero-order valence-corrected chi connectivity index (χ0v) is 18.1. The number of amides is 1. The number of hydrogen-bond donors (Lipinski definition) is 0. The molecule has 0 bridgehead atoms. The molecule has 0 saturated carbocycles. The Kier molecular flexibility index (Phi) is 5.92. The minimum absolute atomic E-state index is 0.114. The zero-order chi connectivity index (χ0) is 21.8. The molecule has 1 amide bonds. The molecule has 2 aromatic carbocycles. The molecule has 0 aliphatic carbocycles. The third-order valence-electron chi connectivity index (χ3n) is 5.16. The third-order valence-corrected chi connectivity index (χ3v) is 6.06. The molecule has 0 spiro atoms. The van der Waals surface area contributed by atoms with E-state index in [-0.39, 0.29) is 11.9 Å². The summed E-state index contributed by atoms with van der Waals surface area (Å²) in [5, 5.41) is 16.0. The van der Waals surface area contributed by atoms with Crippen molar-refractivity contribution in [2.24, 2.45) is 0 Å².